The lowest BCUT2D eigenvalue weighted by molar-refractivity contribution is -0.123. The highest BCUT2D eigenvalue weighted by Gasteiger charge is 2.35. The van der Waals surface area contributed by atoms with Gasteiger partial charge in [-0.15, -0.1) is 0 Å². The normalized spacial score (nSPS) is 15.4. The molecular weight excluding hydrogens is 449 g/mol. The lowest BCUT2D eigenvalue weighted by Crippen LogP contribution is -2.27. The number of methoxy groups -OCH3 is 1. The minimum atomic E-state index is -0.390. The summed E-state index contributed by atoms with van der Waals surface area (Å²) in [6.07, 6.45) is 1.64. The van der Waals surface area contributed by atoms with E-state index in [1.54, 1.807) is 30.3 Å². The number of imide groups is 1. The Morgan fingerprint density at radius 2 is 1.89 bits per heavy atom. The van der Waals surface area contributed by atoms with Crippen molar-refractivity contribution in [1.82, 2.24) is 4.90 Å². The van der Waals surface area contributed by atoms with Gasteiger partial charge in [0.2, 0.25) is 0 Å². The molecule has 0 spiro atoms. The number of benzene rings is 2. The molecule has 0 atom stereocenters. The highest BCUT2D eigenvalue weighted by molar-refractivity contribution is 9.10. The van der Waals surface area contributed by atoms with Crippen molar-refractivity contribution >= 4 is 44.9 Å². The zero-order valence-corrected chi connectivity index (χ0v) is 17.6. The van der Waals surface area contributed by atoms with Crippen LogP contribution in [0, 0.1) is 5.82 Å². The molecule has 0 N–H and O–H groups in total. The van der Waals surface area contributed by atoms with E-state index in [0.29, 0.717) is 38.6 Å². The summed E-state index contributed by atoms with van der Waals surface area (Å²) in [7, 11) is 1.53. The number of nitrogens with zero attached hydrogens (tertiary/aromatic N) is 1. The predicted octanol–water partition coefficient (Wildman–Crippen LogP) is 5.23. The third kappa shape index (κ3) is 4.39. The van der Waals surface area contributed by atoms with E-state index in [-0.39, 0.29) is 23.5 Å². The van der Waals surface area contributed by atoms with Crippen LogP contribution < -0.4 is 9.47 Å². The van der Waals surface area contributed by atoms with Gasteiger partial charge in [0.1, 0.15) is 5.82 Å². The Morgan fingerprint density at radius 3 is 2.54 bits per heavy atom. The molecule has 0 bridgehead atoms. The molecule has 1 heterocycles. The van der Waals surface area contributed by atoms with E-state index in [9.17, 15) is 14.0 Å². The number of amides is 2. The third-order valence-electron chi connectivity index (χ3n) is 4.00. The van der Waals surface area contributed by atoms with E-state index in [2.05, 4.69) is 15.9 Å². The summed E-state index contributed by atoms with van der Waals surface area (Å²) in [6, 6.07) is 9.20. The van der Waals surface area contributed by atoms with Crippen LogP contribution in [0.1, 0.15) is 18.1 Å². The first-order chi connectivity index (χ1) is 13.4. The molecule has 1 aliphatic rings. The number of halogens is 2. The van der Waals surface area contributed by atoms with Gasteiger partial charge in [0.25, 0.3) is 11.1 Å². The molecule has 5 nitrogen and oxygen atoms in total. The first kappa shape index (κ1) is 20.4. The average molecular weight is 466 g/mol. The molecule has 0 unspecified atom stereocenters. The van der Waals surface area contributed by atoms with Crippen molar-refractivity contribution in [2.45, 2.75) is 13.5 Å². The predicted molar refractivity (Wildman–Crippen MR) is 110 cm³/mol. The zero-order valence-electron chi connectivity index (χ0n) is 15.2. The molecule has 0 aromatic heterocycles. The van der Waals surface area contributed by atoms with Crippen LogP contribution in [0.25, 0.3) is 6.08 Å². The van der Waals surface area contributed by atoms with Crippen LogP contribution >= 0.6 is 27.7 Å². The summed E-state index contributed by atoms with van der Waals surface area (Å²) in [5.74, 6) is 0.353. The van der Waals surface area contributed by atoms with Crippen molar-refractivity contribution in [2.24, 2.45) is 0 Å². The number of carbonyl (C=O) groups is 2. The number of rotatable bonds is 6. The third-order valence-corrected chi connectivity index (χ3v) is 5.59. The average Bonchev–Trinajstić information content (AvgIpc) is 2.93. The van der Waals surface area contributed by atoms with Crippen molar-refractivity contribution in [3.8, 4) is 11.5 Å². The van der Waals surface area contributed by atoms with E-state index < -0.39 is 0 Å². The van der Waals surface area contributed by atoms with E-state index >= 15 is 0 Å². The summed E-state index contributed by atoms with van der Waals surface area (Å²) in [5.41, 5.74) is 1.36. The Morgan fingerprint density at radius 1 is 1.18 bits per heavy atom. The van der Waals surface area contributed by atoms with E-state index in [1.807, 2.05) is 6.92 Å². The van der Waals surface area contributed by atoms with Crippen molar-refractivity contribution in [2.75, 3.05) is 13.7 Å². The van der Waals surface area contributed by atoms with Gasteiger partial charge in [-0.05, 0) is 60.2 Å². The smallest absolute Gasteiger partial charge is 0.293 e. The molecule has 146 valence electrons. The Kier molecular flexibility index (Phi) is 6.41. The number of hydrogen-bond donors (Lipinski definition) is 0. The standard InChI is InChI=1S/C20H17BrFNO4S/c1-3-27-17-10-15(21)13(8-16(17)26-2)9-18-19(24)23(20(25)28-18)11-12-4-6-14(22)7-5-12/h4-10H,3,11H2,1-2H3/b18-9+. The van der Waals surface area contributed by atoms with Crippen LogP contribution in [0.15, 0.2) is 45.8 Å². The first-order valence-electron chi connectivity index (χ1n) is 8.43. The maximum Gasteiger partial charge on any atom is 0.293 e. The van der Waals surface area contributed by atoms with Gasteiger partial charge in [0, 0.05) is 4.47 Å². The zero-order chi connectivity index (χ0) is 20.3. The number of ether oxygens (including phenoxy) is 2. The Labute approximate surface area is 174 Å². The molecule has 8 heteroatoms. The van der Waals surface area contributed by atoms with Crippen LogP contribution in [0.2, 0.25) is 0 Å². The second-order valence-corrected chi connectivity index (χ2v) is 7.70. The van der Waals surface area contributed by atoms with Crippen molar-refractivity contribution in [3.05, 3.63) is 62.7 Å². The largest absolute Gasteiger partial charge is 0.493 e. The maximum atomic E-state index is 13.1. The Bertz CT molecular complexity index is 946. The van der Waals surface area contributed by atoms with Crippen LogP contribution in [0.3, 0.4) is 0 Å². The molecule has 0 aliphatic carbocycles. The fourth-order valence-corrected chi connectivity index (χ4v) is 3.91. The van der Waals surface area contributed by atoms with Gasteiger partial charge >= 0.3 is 0 Å². The summed E-state index contributed by atoms with van der Waals surface area (Å²) in [5, 5.41) is -0.366. The first-order valence-corrected chi connectivity index (χ1v) is 10.0. The molecule has 1 aliphatic heterocycles. The van der Waals surface area contributed by atoms with Crippen LogP contribution in [0.4, 0.5) is 9.18 Å². The van der Waals surface area contributed by atoms with Gasteiger partial charge in [0.15, 0.2) is 11.5 Å². The van der Waals surface area contributed by atoms with Gasteiger partial charge < -0.3 is 9.47 Å². The van der Waals surface area contributed by atoms with Gasteiger partial charge in [-0.25, -0.2) is 4.39 Å². The molecule has 1 fully saturated rings. The van der Waals surface area contributed by atoms with Crippen molar-refractivity contribution in [3.63, 3.8) is 0 Å². The SMILES string of the molecule is CCOc1cc(Br)c(/C=C2/SC(=O)N(Cc3ccc(F)cc3)C2=O)cc1OC. The molecule has 0 radical (unpaired) electrons. The number of hydrogen-bond acceptors (Lipinski definition) is 5. The van der Waals surface area contributed by atoms with Gasteiger partial charge in [-0.2, -0.15) is 0 Å². The molecule has 2 amide bonds. The fraction of sp³-hybridized carbons (Fsp3) is 0.200. The highest BCUT2D eigenvalue weighted by Crippen LogP contribution is 2.38. The molecule has 1 saturated heterocycles. The summed E-state index contributed by atoms with van der Waals surface area (Å²) in [6.45, 7) is 2.46. The Hall–Kier alpha value is -2.32. The van der Waals surface area contributed by atoms with E-state index in [0.717, 1.165) is 16.7 Å². The number of carbonyl (C=O) groups excluding carboxylic acids is 2. The van der Waals surface area contributed by atoms with Crippen LogP contribution in [0.5, 0.6) is 11.5 Å². The lowest BCUT2D eigenvalue weighted by atomic mass is 10.1. The summed E-state index contributed by atoms with van der Waals surface area (Å²) < 4.78 is 24.6. The molecular formula is C20H17BrFNO4S. The molecule has 2 aromatic carbocycles. The maximum absolute atomic E-state index is 13.1. The van der Waals surface area contributed by atoms with Crippen LogP contribution in [-0.2, 0) is 11.3 Å². The molecule has 2 aromatic rings. The van der Waals surface area contributed by atoms with Gasteiger partial charge in [-0.3, -0.25) is 14.5 Å². The Balaban J connectivity index is 1.86. The summed E-state index contributed by atoms with van der Waals surface area (Å²) >= 11 is 4.33. The quantitative estimate of drug-likeness (QED) is 0.546. The van der Waals surface area contributed by atoms with Crippen molar-refractivity contribution in [1.29, 1.82) is 0 Å². The second kappa shape index (κ2) is 8.79. The molecule has 0 saturated carbocycles. The minimum Gasteiger partial charge on any atom is -0.493 e. The second-order valence-electron chi connectivity index (χ2n) is 5.85. The van der Waals surface area contributed by atoms with Gasteiger partial charge in [0.05, 0.1) is 25.2 Å². The van der Waals surface area contributed by atoms with E-state index in [4.69, 9.17) is 9.47 Å². The monoisotopic (exact) mass is 465 g/mol. The van der Waals surface area contributed by atoms with Crippen LogP contribution in [-0.4, -0.2) is 29.8 Å². The topological polar surface area (TPSA) is 55.8 Å². The molecule has 28 heavy (non-hydrogen) atoms. The van der Waals surface area contributed by atoms with Gasteiger partial charge in [-0.1, -0.05) is 28.1 Å². The minimum absolute atomic E-state index is 0.0933. The summed E-state index contributed by atoms with van der Waals surface area (Å²) in [4.78, 5) is 26.4. The highest BCUT2D eigenvalue weighted by atomic mass is 79.9. The lowest BCUT2D eigenvalue weighted by Gasteiger charge is -2.13. The molecule has 3 rings (SSSR count). The van der Waals surface area contributed by atoms with E-state index in [1.165, 1.54) is 19.2 Å². The van der Waals surface area contributed by atoms with Crippen molar-refractivity contribution < 1.29 is 23.5 Å². The number of thioether (sulfide) groups is 1. The fourth-order valence-electron chi connectivity index (χ4n) is 2.64.